The van der Waals surface area contributed by atoms with Gasteiger partial charge in [0.25, 0.3) is 0 Å². The summed E-state index contributed by atoms with van der Waals surface area (Å²) in [6.07, 6.45) is 3.96. The topological polar surface area (TPSA) is 41.1 Å². The summed E-state index contributed by atoms with van der Waals surface area (Å²) in [7, 11) is 0. The SMILES string of the molecule is CC(CC(=O)NCC(Cc1ccccc1)c1ccccc1)C1CCNCC1. The lowest BCUT2D eigenvalue weighted by Crippen LogP contribution is -2.34. The maximum absolute atomic E-state index is 12.6. The minimum atomic E-state index is 0.190. The predicted molar refractivity (Wildman–Crippen MR) is 112 cm³/mol. The molecule has 0 spiro atoms. The molecule has 2 unspecified atom stereocenters. The minimum absolute atomic E-state index is 0.190. The number of carbonyl (C=O) groups is 1. The third kappa shape index (κ3) is 6.21. The van der Waals surface area contributed by atoms with E-state index in [4.69, 9.17) is 0 Å². The number of carbonyl (C=O) groups excluding carboxylic acids is 1. The van der Waals surface area contributed by atoms with Gasteiger partial charge >= 0.3 is 0 Å². The van der Waals surface area contributed by atoms with Gasteiger partial charge in [-0.2, -0.15) is 0 Å². The van der Waals surface area contributed by atoms with Gasteiger partial charge in [0.05, 0.1) is 0 Å². The van der Waals surface area contributed by atoms with Gasteiger partial charge in [-0.05, 0) is 55.3 Å². The van der Waals surface area contributed by atoms with Crippen molar-refractivity contribution in [3.05, 3.63) is 71.8 Å². The van der Waals surface area contributed by atoms with E-state index >= 15 is 0 Å². The molecule has 0 aliphatic carbocycles. The Morgan fingerprint density at radius 1 is 1.04 bits per heavy atom. The largest absolute Gasteiger partial charge is 0.355 e. The second-order valence-electron chi connectivity index (χ2n) is 7.87. The van der Waals surface area contributed by atoms with Crippen LogP contribution in [0.5, 0.6) is 0 Å². The highest BCUT2D eigenvalue weighted by molar-refractivity contribution is 5.76. The van der Waals surface area contributed by atoms with Gasteiger partial charge in [0.1, 0.15) is 0 Å². The molecule has 1 aliphatic heterocycles. The summed E-state index contributed by atoms with van der Waals surface area (Å²) in [6.45, 7) is 5.10. The van der Waals surface area contributed by atoms with E-state index in [1.807, 2.05) is 12.1 Å². The smallest absolute Gasteiger partial charge is 0.220 e. The first-order valence-corrected chi connectivity index (χ1v) is 10.3. The Hall–Kier alpha value is -2.13. The number of rotatable bonds is 8. The second kappa shape index (κ2) is 10.3. The van der Waals surface area contributed by atoms with Crippen LogP contribution in [0, 0.1) is 11.8 Å². The molecule has 0 saturated carbocycles. The molecule has 3 rings (SSSR count). The van der Waals surface area contributed by atoms with Crippen LogP contribution in [0.25, 0.3) is 0 Å². The van der Waals surface area contributed by atoms with Crippen molar-refractivity contribution in [3.63, 3.8) is 0 Å². The molecule has 1 saturated heterocycles. The average Bonchev–Trinajstić information content (AvgIpc) is 2.73. The summed E-state index contributed by atoms with van der Waals surface area (Å²) >= 11 is 0. The lowest BCUT2D eigenvalue weighted by Gasteiger charge is -2.28. The Kier molecular flexibility index (Phi) is 7.46. The normalized spacial score (nSPS) is 17.2. The van der Waals surface area contributed by atoms with Crippen molar-refractivity contribution in [2.24, 2.45) is 11.8 Å². The third-order valence-corrected chi connectivity index (χ3v) is 5.84. The number of hydrogen-bond acceptors (Lipinski definition) is 2. The predicted octanol–water partition coefficient (Wildman–Crippen LogP) is 4.15. The van der Waals surface area contributed by atoms with Gasteiger partial charge in [0.15, 0.2) is 0 Å². The molecule has 2 aromatic carbocycles. The highest BCUT2D eigenvalue weighted by Gasteiger charge is 2.22. The number of hydrogen-bond donors (Lipinski definition) is 2. The number of nitrogens with one attached hydrogen (secondary N) is 2. The van der Waals surface area contributed by atoms with Crippen LogP contribution >= 0.6 is 0 Å². The lowest BCUT2D eigenvalue weighted by molar-refractivity contribution is -0.122. The van der Waals surface area contributed by atoms with Crippen molar-refractivity contribution in [1.29, 1.82) is 0 Å². The van der Waals surface area contributed by atoms with E-state index in [2.05, 4.69) is 66.1 Å². The molecule has 3 nitrogen and oxygen atoms in total. The quantitative estimate of drug-likeness (QED) is 0.739. The Balaban J connectivity index is 1.56. The molecule has 0 aromatic heterocycles. The second-order valence-corrected chi connectivity index (χ2v) is 7.87. The first kappa shape index (κ1) is 19.6. The van der Waals surface area contributed by atoms with Crippen LogP contribution in [0.2, 0.25) is 0 Å². The van der Waals surface area contributed by atoms with Crippen LogP contribution in [0.1, 0.15) is 43.2 Å². The molecule has 27 heavy (non-hydrogen) atoms. The van der Waals surface area contributed by atoms with Crippen molar-refractivity contribution >= 4 is 5.91 Å². The molecule has 1 amide bonds. The summed E-state index contributed by atoms with van der Waals surface area (Å²) in [5.41, 5.74) is 2.59. The van der Waals surface area contributed by atoms with Gasteiger partial charge in [-0.1, -0.05) is 67.6 Å². The molecule has 1 aliphatic rings. The molecule has 0 bridgehead atoms. The molecule has 144 valence electrons. The van der Waals surface area contributed by atoms with Crippen LogP contribution in [0.15, 0.2) is 60.7 Å². The summed E-state index contributed by atoms with van der Waals surface area (Å²) in [4.78, 5) is 12.6. The van der Waals surface area contributed by atoms with Crippen molar-refractivity contribution in [2.45, 2.75) is 38.5 Å². The minimum Gasteiger partial charge on any atom is -0.355 e. The zero-order valence-corrected chi connectivity index (χ0v) is 16.4. The molecule has 1 heterocycles. The van der Waals surface area contributed by atoms with Gasteiger partial charge in [0, 0.05) is 18.9 Å². The van der Waals surface area contributed by atoms with Crippen molar-refractivity contribution in [1.82, 2.24) is 10.6 Å². The van der Waals surface area contributed by atoms with Crippen LogP contribution in [0.4, 0.5) is 0 Å². The zero-order valence-electron chi connectivity index (χ0n) is 16.4. The van der Waals surface area contributed by atoms with Gasteiger partial charge < -0.3 is 10.6 Å². The molecule has 0 radical (unpaired) electrons. The Bertz CT molecular complexity index is 680. The number of benzene rings is 2. The van der Waals surface area contributed by atoms with Crippen LogP contribution in [-0.4, -0.2) is 25.5 Å². The van der Waals surface area contributed by atoms with Crippen LogP contribution in [-0.2, 0) is 11.2 Å². The summed E-state index contributed by atoms with van der Waals surface area (Å²) in [6, 6.07) is 21.1. The maximum atomic E-state index is 12.6. The summed E-state index contributed by atoms with van der Waals surface area (Å²) in [5, 5.41) is 6.62. The zero-order chi connectivity index (χ0) is 18.9. The fourth-order valence-corrected chi connectivity index (χ4v) is 4.11. The van der Waals surface area contributed by atoms with Gasteiger partial charge in [-0.25, -0.2) is 0 Å². The first-order chi connectivity index (χ1) is 13.2. The Labute approximate surface area is 163 Å². The molecule has 3 heteroatoms. The van der Waals surface area contributed by atoms with E-state index in [1.54, 1.807) is 0 Å². The number of amides is 1. The van der Waals surface area contributed by atoms with E-state index in [1.165, 1.54) is 24.0 Å². The van der Waals surface area contributed by atoms with Gasteiger partial charge in [-0.15, -0.1) is 0 Å². The van der Waals surface area contributed by atoms with Crippen LogP contribution in [0.3, 0.4) is 0 Å². The molecular formula is C24H32N2O. The van der Waals surface area contributed by atoms with Gasteiger partial charge in [0.2, 0.25) is 5.91 Å². The molecule has 2 aromatic rings. The summed E-state index contributed by atoms with van der Waals surface area (Å²) in [5.74, 6) is 1.62. The van der Waals surface area contributed by atoms with Crippen LogP contribution < -0.4 is 10.6 Å². The standard InChI is InChI=1S/C24H32N2O/c1-19(21-12-14-25-15-13-21)16-24(27)26-18-23(22-10-6-3-7-11-22)17-20-8-4-2-5-9-20/h2-11,19,21,23,25H,12-18H2,1H3,(H,26,27). The Morgan fingerprint density at radius 2 is 1.67 bits per heavy atom. The van der Waals surface area contributed by atoms with Crippen molar-refractivity contribution < 1.29 is 4.79 Å². The molecule has 2 atom stereocenters. The molecular weight excluding hydrogens is 332 g/mol. The summed E-state index contributed by atoms with van der Waals surface area (Å²) < 4.78 is 0. The monoisotopic (exact) mass is 364 g/mol. The molecule has 2 N–H and O–H groups in total. The highest BCUT2D eigenvalue weighted by atomic mass is 16.1. The fourth-order valence-electron chi connectivity index (χ4n) is 4.11. The van der Waals surface area contributed by atoms with E-state index in [9.17, 15) is 4.79 Å². The third-order valence-electron chi connectivity index (χ3n) is 5.84. The highest BCUT2D eigenvalue weighted by Crippen LogP contribution is 2.24. The first-order valence-electron chi connectivity index (χ1n) is 10.3. The van der Waals surface area contributed by atoms with Crippen molar-refractivity contribution in [2.75, 3.05) is 19.6 Å². The molecule has 1 fully saturated rings. The van der Waals surface area contributed by atoms with Crippen molar-refractivity contribution in [3.8, 4) is 0 Å². The van der Waals surface area contributed by atoms with E-state index in [0.717, 1.165) is 19.5 Å². The van der Waals surface area contributed by atoms with E-state index in [-0.39, 0.29) is 5.91 Å². The fraction of sp³-hybridized carbons (Fsp3) is 0.458. The number of piperidine rings is 1. The van der Waals surface area contributed by atoms with E-state index < -0.39 is 0 Å². The Morgan fingerprint density at radius 3 is 2.33 bits per heavy atom. The van der Waals surface area contributed by atoms with E-state index in [0.29, 0.717) is 30.7 Å². The lowest BCUT2D eigenvalue weighted by atomic mass is 9.84. The van der Waals surface area contributed by atoms with Gasteiger partial charge in [-0.3, -0.25) is 4.79 Å². The average molecular weight is 365 g/mol. The maximum Gasteiger partial charge on any atom is 0.220 e.